The van der Waals surface area contributed by atoms with Crippen LogP contribution in [-0.2, 0) is 0 Å². The van der Waals surface area contributed by atoms with E-state index in [1.807, 2.05) is 50.3 Å². The lowest BCUT2D eigenvalue weighted by Crippen LogP contribution is -2.28. The van der Waals surface area contributed by atoms with E-state index in [0.29, 0.717) is 27.8 Å². The highest BCUT2D eigenvalue weighted by Crippen LogP contribution is 2.48. The van der Waals surface area contributed by atoms with Crippen LogP contribution < -0.4 is 10.4 Å². The average Bonchev–Trinajstić information content (AvgIpc) is 2.79. The van der Waals surface area contributed by atoms with Crippen LogP contribution in [0.5, 0.6) is 11.5 Å². The maximum Gasteiger partial charge on any atom is 0.336 e. The molecule has 2 heterocycles. The summed E-state index contributed by atoms with van der Waals surface area (Å²) < 4.78 is 11.8. The molecule has 1 aromatic heterocycles. The maximum absolute atomic E-state index is 13.5. The zero-order valence-corrected chi connectivity index (χ0v) is 17.6. The molecule has 0 bridgehead atoms. The van der Waals surface area contributed by atoms with E-state index >= 15 is 0 Å². The van der Waals surface area contributed by atoms with Gasteiger partial charge in [-0.3, -0.25) is 4.79 Å². The molecule has 1 aliphatic rings. The number of rotatable bonds is 3. The normalized spacial score (nSPS) is 14.1. The van der Waals surface area contributed by atoms with Gasteiger partial charge in [-0.2, -0.15) is 0 Å². The first kappa shape index (κ1) is 19.8. The molecule has 0 spiro atoms. The van der Waals surface area contributed by atoms with E-state index in [1.165, 1.54) is 6.07 Å². The Morgan fingerprint density at radius 3 is 2.31 bits per heavy atom. The third-order valence-electron chi connectivity index (χ3n) is 5.52. The molecule has 4 aromatic rings. The minimum absolute atomic E-state index is 0.00700. The van der Waals surface area contributed by atoms with Crippen molar-refractivity contribution in [2.24, 2.45) is 0 Å². The van der Waals surface area contributed by atoms with Crippen LogP contribution in [0.4, 0.5) is 0 Å². The van der Waals surface area contributed by atoms with Crippen LogP contribution in [0.1, 0.15) is 35.3 Å². The van der Waals surface area contributed by atoms with Crippen molar-refractivity contribution < 1.29 is 19.1 Å². The maximum atomic E-state index is 13.5. The van der Waals surface area contributed by atoms with Crippen molar-refractivity contribution in [3.63, 3.8) is 0 Å². The molecule has 0 fully saturated rings. The van der Waals surface area contributed by atoms with Crippen LogP contribution in [-0.4, -0.2) is 16.5 Å². The predicted octanol–water partition coefficient (Wildman–Crippen LogP) is 5.58. The number of ether oxygens (including phenoxy) is 1. The van der Waals surface area contributed by atoms with Gasteiger partial charge >= 0.3 is 5.63 Å². The molecule has 0 radical (unpaired) electrons. The molecule has 5 rings (SSSR count). The van der Waals surface area contributed by atoms with Crippen molar-refractivity contribution in [1.82, 2.24) is 0 Å². The molecule has 0 saturated heterocycles. The largest absolute Gasteiger partial charge is 0.506 e. The Kier molecular flexibility index (Phi) is 4.48. The Hall–Kier alpha value is -4.12. The smallest absolute Gasteiger partial charge is 0.336 e. The second kappa shape index (κ2) is 7.24. The van der Waals surface area contributed by atoms with Crippen molar-refractivity contribution in [3.8, 4) is 22.6 Å². The molecular weight excluding hydrogens is 404 g/mol. The molecule has 3 aromatic carbocycles. The highest BCUT2D eigenvalue weighted by atomic mass is 16.5. The SMILES string of the molecule is CC1(C)C=Cc2c(O)c(C(=O)c3ccccc3)c3oc(=O)cc(-c4ccccc4)c3c2O1. The highest BCUT2D eigenvalue weighted by molar-refractivity contribution is 6.20. The molecule has 1 N–H and O–H groups in total. The molecule has 1 aliphatic heterocycles. The number of carbonyl (C=O) groups excluding carboxylic acids is 1. The van der Waals surface area contributed by atoms with Crippen LogP contribution in [0, 0.1) is 0 Å². The zero-order valence-electron chi connectivity index (χ0n) is 17.6. The van der Waals surface area contributed by atoms with Crippen LogP contribution in [0.25, 0.3) is 28.2 Å². The van der Waals surface area contributed by atoms with E-state index in [0.717, 1.165) is 5.56 Å². The van der Waals surface area contributed by atoms with E-state index in [1.54, 1.807) is 36.4 Å². The predicted molar refractivity (Wildman–Crippen MR) is 123 cm³/mol. The van der Waals surface area contributed by atoms with Gasteiger partial charge in [-0.15, -0.1) is 0 Å². The van der Waals surface area contributed by atoms with Gasteiger partial charge in [0.25, 0.3) is 0 Å². The fourth-order valence-electron chi connectivity index (χ4n) is 4.01. The van der Waals surface area contributed by atoms with Crippen molar-refractivity contribution >= 4 is 22.8 Å². The fraction of sp³-hybridized carbons (Fsp3) is 0.111. The molecule has 0 amide bonds. The van der Waals surface area contributed by atoms with Crippen molar-refractivity contribution in [3.05, 3.63) is 99.9 Å². The van der Waals surface area contributed by atoms with Crippen LogP contribution >= 0.6 is 0 Å². The third-order valence-corrected chi connectivity index (χ3v) is 5.52. The van der Waals surface area contributed by atoms with Gasteiger partial charge in [0, 0.05) is 17.2 Å². The van der Waals surface area contributed by atoms with Gasteiger partial charge in [-0.05, 0) is 31.6 Å². The first-order valence-electron chi connectivity index (χ1n) is 10.3. The quantitative estimate of drug-likeness (QED) is 0.343. The minimum atomic E-state index is -0.651. The molecular formula is C27H20O5. The van der Waals surface area contributed by atoms with Gasteiger partial charge in [0.15, 0.2) is 5.58 Å². The zero-order chi connectivity index (χ0) is 22.5. The lowest BCUT2D eigenvalue weighted by molar-refractivity contribution is 0.103. The number of hydrogen-bond donors (Lipinski definition) is 1. The topological polar surface area (TPSA) is 76.7 Å². The van der Waals surface area contributed by atoms with E-state index < -0.39 is 17.0 Å². The number of hydrogen-bond acceptors (Lipinski definition) is 5. The number of carbonyl (C=O) groups is 1. The van der Waals surface area contributed by atoms with Gasteiger partial charge in [-0.1, -0.05) is 60.7 Å². The molecule has 0 aliphatic carbocycles. The van der Waals surface area contributed by atoms with Crippen molar-refractivity contribution in [1.29, 1.82) is 0 Å². The molecule has 5 heteroatoms. The summed E-state index contributed by atoms with van der Waals surface area (Å²) in [6.07, 6.45) is 3.56. The third kappa shape index (κ3) is 3.19. The van der Waals surface area contributed by atoms with Gasteiger partial charge in [-0.25, -0.2) is 4.79 Å². The molecule has 0 unspecified atom stereocenters. The van der Waals surface area contributed by atoms with E-state index in [2.05, 4.69) is 0 Å². The summed E-state index contributed by atoms with van der Waals surface area (Å²) in [6.45, 7) is 3.78. The Morgan fingerprint density at radius 1 is 0.969 bits per heavy atom. The summed E-state index contributed by atoms with van der Waals surface area (Å²) in [7, 11) is 0. The molecule has 0 atom stereocenters. The Morgan fingerprint density at radius 2 is 1.62 bits per heavy atom. The summed E-state index contributed by atoms with van der Waals surface area (Å²) in [5.41, 5.74) is 0.763. The van der Waals surface area contributed by atoms with E-state index in [9.17, 15) is 14.7 Å². The number of fused-ring (bicyclic) bond motifs is 3. The highest BCUT2D eigenvalue weighted by Gasteiger charge is 2.33. The fourth-order valence-corrected chi connectivity index (χ4v) is 4.01. The van der Waals surface area contributed by atoms with E-state index in [4.69, 9.17) is 9.15 Å². The van der Waals surface area contributed by atoms with Crippen LogP contribution in [0.2, 0.25) is 0 Å². The number of phenolic OH excluding ortho intramolecular Hbond substituents is 1. The molecule has 5 nitrogen and oxygen atoms in total. The minimum Gasteiger partial charge on any atom is -0.506 e. The summed E-state index contributed by atoms with van der Waals surface area (Å²) in [5.74, 6) is -0.346. The van der Waals surface area contributed by atoms with E-state index in [-0.39, 0.29) is 16.9 Å². The summed E-state index contributed by atoms with van der Waals surface area (Å²) >= 11 is 0. The Bertz CT molecular complexity index is 1440. The summed E-state index contributed by atoms with van der Waals surface area (Å²) in [5, 5.41) is 11.6. The van der Waals surface area contributed by atoms with Gasteiger partial charge < -0.3 is 14.3 Å². The van der Waals surface area contributed by atoms with Gasteiger partial charge in [0.2, 0.25) is 5.78 Å². The summed E-state index contributed by atoms with van der Waals surface area (Å²) in [6, 6.07) is 19.3. The lowest BCUT2D eigenvalue weighted by Gasteiger charge is -2.30. The van der Waals surface area contributed by atoms with Gasteiger partial charge in [0.1, 0.15) is 22.7 Å². The number of benzene rings is 3. The van der Waals surface area contributed by atoms with Crippen molar-refractivity contribution in [2.45, 2.75) is 19.4 Å². The monoisotopic (exact) mass is 424 g/mol. The van der Waals surface area contributed by atoms with Gasteiger partial charge in [0.05, 0.1) is 10.9 Å². The van der Waals surface area contributed by atoms with Crippen molar-refractivity contribution in [2.75, 3.05) is 0 Å². The number of ketones is 1. The van der Waals surface area contributed by atoms with Crippen LogP contribution in [0.3, 0.4) is 0 Å². The first-order valence-corrected chi connectivity index (χ1v) is 10.3. The first-order chi connectivity index (χ1) is 15.4. The standard InChI is InChI=1S/C27H20O5/c1-27(2)14-13-18-24(30)22(23(29)17-11-7-4-8-12-17)26-21(25(18)32-27)19(15-20(28)31-26)16-9-5-3-6-10-16/h3-15,30H,1-2H3. The molecule has 0 saturated carbocycles. The second-order valence-electron chi connectivity index (χ2n) is 8.25. The molecule has 32 heavy (non-hydrogen) atoms. The van der Waals surface area contributed by atoms with Crippen LogP contribution in [0.15, 0.2) is 82.0 Å². The lowest BCUT2D eigenvalue weighted by atomic mass is 9.90. The Balaban J connectivity index is 1.95. The second-order valence-corrected chi connectivity index (χ2v) is 8.25. The number of phenols is 1. The average molecular weight is 424 g/mol. The summed E-state index contributed by atoms with van der Waals surface area (Å²) in [4.78, 5) is 26.0. The number of aromatic hydroxyl groups is 1. The molecule has 158 valence electrons. The Labute approximate surface area is 184 Å².